The zero-order chi connectivity index (χ0) is 16.1. The molecule has 0 bridgehead atoms. The summed E-state index contributed by atoms with van der Waals surface area (Å²) in [6.07, 6.45) is 1.26. The molecule has 0 radical (unpaired) electrons. The Morgan fingerprint density at radius 1 is 1.14 bits per heavy atom. The molecular formula is C15H12Cl3NO3. The van der Waals surface area contributed by atoms with Crippen LogP contribution in [0.1, 0.15) is 11.1 Å². The summed E-state index contributed by atoms with van der Waals surface area (Å²) in [4.78, 5) is 0. The molecule has 0 saturated carbocycles. The maximum Gasteiger partial charge on any atom is 0.132 e. The second-order valence-electron chi connectivity index (χ2n) is 4.26. The fraction of sp³-hybridized carbons (Fsp3) is 0.133. The van der Waals surface area contributed by atoms with Crippen LogP contribution in [0.5, 0.6) is 11.5 Å². The van der Waals surface area contributed by atoms with Gasteiger partial charge in [0.15, 0.2) is 0 Å². The zero-order valence-corrected chi connectivity index (χ0v) is 13.8. The summed E-state index contributed by atoms with van der Waals surface area (Å²) in [6.45, 7) is 0.109. The molecule has 0 aliphatic rings. The van der Waals surface area contributed by atoms with Gasteiger partial charge in [-0.05, 0) is 24.3 Å². The van der Waals surface area contributed by atoms with Crippen LogP contribution in [-0.2, 0) is 6.61 Å². The summed E-state index contributed by atoms with van der Waals surface area (Å²) in [5.41, 5.74) is 1.16. The third-order valence-electron chi connectivity index (χ3n) is 2.93. The maximum atomic E-state index is 8.70. The van der Waals surface area contributed by atoms with Gasteiger partial charge in [-0.15, -0.1) is 0 Å². The largest absolute Gasteiger partial charge is 0.497 e. The van der Waals surface area contributed by atoms with Gasteiger partial charge in [0.2, 0.25) is 0 Å². The predicted molar refractivity (Wildman–Crippen MR) is 88.2 cm³/mol. The molecule has 22 heavy (non-hydrogen) atoms. The molecule has 0 amide bonds. The lowest BCUT2D eigenvalue weighted by atomic mass is 10.2. The van der Waals surface area contributed by atoms with Crippen molar-refractivity contribution in [2.24, 2.45) is 5.16 Å². The van der Waals surface area contributed by atoms with E-state index >= 15 is 0 Å². The highest BCUT2D eigenvalue weighted by atomic mass is 35.5. The summed E-state index contributed by atoms with van der Waals surface area (Å²) in [7, 11) is 1.55. The molecule has 0 aliphatic heterocycles. The van der Waals surface area contributed by atoms with Gasteiger partial charge in [0, 0.05) is 22.2 Å². The van der Waals surface area contributed by atoms with Gasteiger partial charge in [-0.3, -0.25) is 0 Å². The quantitative estimate of drug-likeness (QED) is 0.351. The Morgan fingerprint density at radius 3 is 2.55 bits per heavy atom. The van der Waals surface area contributed by atoms with Crippen LogP contribution in [0.3, 0.4) is 0 Å². The summed E-state index contributed by atoms with van der Waals surface area (Å²) in [5.74, 6) is 1.07. The van der Waals surface area contributed by atoms with Crippen LogP contribution in [0.2, 0.25) is 15.1 Å². The number of halogens is 3. The lowest BCUT2D eigenvalue weighted by molar-refractivity contribution is 0.302. The second-order valence-corrected chi connectivity index (χ2v) is 5.45. The smallest absolute Gasteiger partial charge is 0.132 e. The minimum absolute atomic E-state index is 0.109. The highest BCUT2D eigenvalue weighted by Crippen LogP contribution is 2.33. The summed E-state index contributed by atoms with van der Waals surface area (Å²) < 4.78 is 10.9. The standard InChI is InChI=1S/C15H12Cl3NO3/c1-21-10-3-2-9(7-19-20)14(6-10)22-8-11-12(16)4-5-13(17)15(11)18/h2-7,20H,8H2,1H3. The first-order valence-electron chi connectivity index (χ1n) is 6.17. The van der Waals surface area contributed by atoms with E-state index in [0.717, 1.165) is 0 Å². The molecule has 0 spiro atoms. The Labute approximate surface area is 142 Å². The first-order chi connectivity index (χ1) is 10.6. The Morgan fingerprint density at radius 2 is 1.86 bits per heavy atom. The Balaban J connectivity index is 2.30. The van der Waals surface area contributed by atoms with E-state index in [0.29, 0.717) is 37.7 Å². The molecule has 4 nitrogen and oxygen atoms in total. The molecule has 0 atom stereocenters. The molecule has 0 heterocycles. The van der Waals surface area contributed by atoms with Crippen molar-refractivity contribution in [2.45, 2.75) is 6.61 Å². The van der Waals surface area contributed by atoms with E-state index in [9.17, 15) is 0 Å². The fourth-order valence-electron chi connectivity index (χ4n) is 1.79. The molecule has 2 aromatic carbocycles. The lowest BCUT2D eigenvalue weighted by Gasteiger charge is -2.13. The maximum absolute atomic E-state index is 8.70. The van der Waals surface area contributed by atoms with Crippen molar-refractivity contribution in [1.29, 1.82) is 0 Å². The number of ether oxygens (including phenoxy) is 2. The first-order valence-corrected chi connectivity index (χ1v) is 7.31. The molecule has 0 aromatic heterocycles. The van der Waals surface area contributed by atoms with Crippen LogP contribution < -0.4 is 9.47 Å². The molecule has 2 rings (SSSR count). The van der Waals surface area contributed by atoms with Gasteiger partial charge in [-0.1, -0.05) is 40.0 Å². The van der Waals surface area contributed by atoms with Crippen molar-refractivity contribution in [3.05, 3.63) is 56.5 Å². The Kier molecular flexibility index (Phi) is 5.77. The topological polar surface area (TPSA) is 51.0 Å². The second kappa shape index (κ2) is 7.58. The zero-order valence-electron chi connectivity index (χ0n) is 11.5. The number of nitrogens with zero attached hydrogens (tertiary/aromatic N) is 1. The average molecular weight is 361 g/mol. The molecule has 0 unspecified atom stereocenters. The predicted octanol–water partition coefficient (Wildman–Crippen LogP) is 5.04. The molecule has 1 N–H and O–H groups in total. The summed E-state index contributed by atoms with van der Waals surface area (Å²) in [5, 5.41) is 12.9. The Bertz CT molecular complexity index is 705. The molecular weight excluding hydrogens is 349 g/mol. The third kappa shape index (κ3) is 3.77. The number of oxime groups is 1. The van der Waals surface area contributed by atoms with Gasteiger partial charge in [-0.25, -0.2) is 0 Å². The van der Waals surface area contributed by atoms with Gasteiger partial charge in [0.25, 0.3) is 0 Å². The van der Waals surface area contributed by atoms with Crippen LogP contribution in [0.15, 0.2) is 35.5 Å². The molecule has 0 fully saturated rings. The fourth-order valence-corrected chi connectivity index (χ4v) is 2.44. The van der Waals surface area contributed by atoms with Gasteiger partial charge in [0.05, 0.1) is 23.4 Å². The van der Waals surface area contributed by atoms with Crippen LogP contribution in [0.25, 0.3) is 0 Å². The minimum Gasteiger partial charge on any atom is -0.497 e. The van der Waals surface area contributed by atoms with Crippen molar-refractivity contribution >= 4 is 41.0 Å². The average Bonchev–Trinajstić information content (AvgIpc) is 2.52. The molecule has 0 saturated heterocycles. The van der Waals surface area contributed by atoms with E-state index < -0.39 is 0 Å². The van der Waals surface area contributed by atoms with Crippen molar-refractivity contribution in [3.8, 4) is 11.5 Å². The van der Waals surface area contributed by atoms with Gasteiger partial charge < -0.3 is 14.7 Å². The SMILES string of the molecule is COc1ccc(C=NO)c(OCc2c(Cl)ccc(Cl)c2Cl)c1. The van der Waals surface area contributed by atoms with Crippen molar-refractivity contribution in [1.82, 2.24) is 0 Å². The van der Waals surface area contributed by atoms with Crippen molar-refractivity contribution in [2.75, 3.05) is 7.11 Å². The highest BCUT2D eigenvalue weighted by molar-refractivity contribution is 6.44. The normalized spacial score (nSPS) is 10.9. The number of hydrogen-bond donors (Lipinski definition) is 1. The van der Waals surface area contributed by atoms with Crippen molar-refractivity contribution < 1.29 is 14.7 Å². The number of methoxy groups -OCH3 is 1. The van der Waals surface area contributed by atoms with Gasteiger partial charge in [-0.2, -0.15) is 0 Å². The number of rotatable bonds is 5. The first kappa shape index (κ1) is 16.7. The van der Waals surface area contributed by atoms with Crippen LogP contribution in [0.4, 0.5) is 0 Å². The summed E-state index contributed by atoms with van der Waals surface area (Å²) in [6, 6.07) is 8.36. The van der Waals surface area contributed by atoms with Crippen LogP contribution >= 0.6 is 34.8 Å². The van der Waals surface area contributed by atoms with E-state index in [2.05, 4.69) is 5.16 Å². The van der Waals surface area contributed by atoms with E-state index in [1.807, 2.05) is 0 Å². The van der Waals surface area contributed by atoms with Crippen molar-refractivity contribution in [3.63, 3.8) is 0 Å². The summed E-state index contributed by atoms with van der Waals surface area (Å²) >= 11 is 18.2. The van der Waals surface area contributed by atoms with E-state index in [-0.39, 0.29) is 6.61 Å². The number of benzene rings is 2. The molecule has 2 aromatic rings. The third-order valence-corrected chi connectivity index (χ3v) is 4.13. The number of hydrogen-bond acceptors (Lipinski definition) is 4. The van der Waals surface area contributed by atoms with Gasteiger partial charge >= 0.3 is 0 Å². The van der Waals surface area contributed by atoms with Crippen LogP contribution in [-0.4, -0.2) is 18.5 Å². The Hall–Kier alpha value is -1.62. The monoisotopic (exact) mass is 359 g/mol. The molecule has 116 valence electrons. The van der Waals surface area contributed by atoms with E-state index in [1.165, 1.54) is 6.21 Å². The van der Waals surface area contributed by atoms with Crippen LogP contribution in [0, 0.1) is 0 Å². The van der Waals surface area contributed by atoms with E-state index in [4.69, 9.17) is 49.5 Å². The highest BCUT2D eigenvalue weighted by Gasteiger charge is 2.12. The molecule has 7 heteroatoms. The lowest BCUT2D eigenvalue weighted by Crippen LogP contribution is -2.01. The molecule has 0 aliphatic carbocycles. The van der Waals surface area contributed by atoms with Gasteiger partial charge in [0.1, 0.15) is 18.1 Å². The minimum atomic E-state index is 0.109. The van der Waals surface area contributed by atoms with E-state index in [1.54, 1.807) is 37.4 Å².